The van der Waals surface area contributed by atoms with Crippen molar-refractivity contribution >= 4 is 33.1 Å². The molecule has 1 N–H and O–H groups in total. The molecule has 0 amide bonds. The van der Waals surface area contributed by atoms with E-state index in [1.165, 1.54) is 19.5 Å². The number of benzene rings is 1. The Hall–Kier alpha value is -3.70. The second-order valence-electron chi connectivity index (χ2n) is 7.38. The third kappa shape index (κ3) is 5.36. The average molecular weight is 518 g/mol. The largest absolute Gasteiger partial charge is 0.467 e. The Morgan fingerprint density at radius 1 is 1.03 bits per heavy atom. The number of nitrogens with one attached hydrogen (secondary N) is 1. The molecular formula is C23H18ClF2N5O3S. The summed E-state index contributed by atoms with van der Waals surface area (Å²) in [5, 5.41) is 3.02. The molecule has 0 aliphatic heterocycles. The van der Waals surface area contributed by atoms with Crippen LogP contribution in [0, 0.1) is 18.6 Å². The maximum Gasteiger partial charge on any atom is 0.318 e. The van der Waals surface area contributed by atoms with Crippen LogP contribution in [0.2, 0.25) is 5.15 Å². The van der Waals surface area contributed by atoms with Gasteiger partial charge in [-0.2, -0.15) is 4.98 Å². The zero-order chi connectivity index (χ0) is 25.2. The van der Waals surface area contributed by atoms with Crippen LogP contribution in [-0.4, -0.2) is 35.5 Å². The Labute approximate surface area is 204 Å². The van der Waals surface area contributed by atoms with E-state index in [-0.39, 0.29) is 16.7 Å². The van der Waals surface area contributed by atoms with Gasteiger partial charge in [-0.3, -0.25) is 0 Å². The zero-order valence-electron chi connectivity index (χ0n) is 18.5. The maximum atomic E-state index is 14.2. The molecule has 0 atom stereocenters. The highest BCUT2D eigenvalue weighted by atomic mass is 35.5. The maximum absolute atomic E-state index is 14.2. The summed E-state index contributed by atoms with van der Waals surface area (Å²) in [7, 11) is -2.72. The lowest BCUT2D eigenvalue weighted by Crippen LogP contribution is -2.10. The second kappa shape index (κ2) is 9.88. The van der Waals surface area contributed by atoms with Crippen molar-refractivity contribution in [2.45, 2.75) is 17.6 Å². The van der Waals surface area contributed by atoms with Crippen LogP contribution in [0.15, 0.2) is 59.9 Å². The first-order chi connectivity index (χ1) is 16.7. The van der Waals surface area contributed by atoms with Gasteiger partial charge < -0.3 is 10.1 Å². The fraction of sp³-hybridized carbons (Fsp3) is 0.130. The number of hydrogen-bond donors (Lipinski definition) is 1. The van der Waals surface area contributed by atoms with E-state index in [0.29, 0.717) is 34.4 Å². The summed E-state index contributed by atoms with van der Waals surface area (Å²) in [6, 6.07) is 7.58. The Morgan fingerprint density at radius 2 is 1.80 bits per heavy atom. The molecule has 0 aliphatic carbocycles. The monoisotopic (exact) mass is 517 g/mol. The predicted molar refractivity (Wildman–Crippen MR) is 126 cm³/mol. The van der Waals surface area contributed by atoms with Crippen LogP contribution in [0.5, 0.6) is 6.01 Å². The third-order valence-corrected chi connectivity index (χ3v) is 7.11. The number of sulfone groups is 1. The number of methoxy groups -OCH3 is 1. The molecule has 8 nitrogen and oxygen atoms in total. The van der Waals surface area contributed by atoms with E-state index in [0.717, 1.165) is 12.1 Å². The molecule has 4 rings (SSSR count). The van der Waals surface area contributed by atoms with E-state index in [1.54, 1.807) is 31.3 Å². The quantitative estimate of drug-likeness (QED) is 0.272. The van der Waals surface area contributed by atoms with Crippen LogP contribution in [0.1, 0.15) is 11.1 Å². The molecule has 0 aliphatic rings. The molecule has 0 saturated carbocycles. The number of anilines is 2. The van der Waals surface area contributed by atoms with E-state index in [4.69, 9.17) is 16.3 Å². The van der Waals surface area contributed by atoms with E-state index in [2.05, 4.69) is 25.3 Å². The Balaban J connectivity index is 1.68. The van der Waals surface area contributed by atoms with Crippen LogP contribution in [0.4, 0.5) is 20.4 Å². The molecule has 0 radical (unpaired) electrons. The lowest BCUT2D eigenvalue weighted by Gasteiger charge is -2.14. The van der Waals surface area contributed by atoms with Crippen molar-refractivity contribution in [3.05, 3.63) is 82.9 Å². The Kier molecular flexibility index (Phi) is 6.90. The number of pyridine rings is 2. The van der Waals surface area contributed by atoms with Crippen LogP contribution in [0.25, 0.3) is 11.1 Å². The summed E-state index contributed by atoms with van der Waals surface area (Å²) in [5.41, 5.74) is 2.03. The fourth-order valence-electron chi connectivity index (χ4n) is 3.37. The van der Waals surface area contributed by atoms with E-state index in [9.17, 15) is 17.2 Å². The van der Waals surface area contributed by atoms with Gasteiger partial charge in [-0.15, -0.1) is 0 Å². The van der Waals surface area contributed by atoms with Gasteiger partial charge in [0.2, 0.25) is 0 Å². The molecule has 0 unspecified atom stereocenters. The topological polar surface area (TPSA) is 107 Å². The summed E-state index contributed by atoms with van der Waals surface area (Å²) in [5.74, 6) is -1.74. The van der Waals surface area contributed by atoms with Gasteiger partial charge in [0.1, 0.15) is 33.3 Å². The summed E-state index contributed by atoms with van der Waals surface area (Å²) < 4.78 is 58.2. The molecule has 3 aromatic heterocycles. The first-order valence-corrected chi connectivity index (χ1v) is 12.1. The lowest BCUT2D eigenvalue weighted by atomic mass is 10.0. The van der Waals surface area contributed by atoms with Gasteiger partial charge in [-0.25, -0.2) is 32.2 Å². The molecule has 0 bridgehead atoms. The van der Waals surface area contributed by atoms with Crippen LogP contribution in [0.3, 0.4) is 0 Å². The van der Waals surface area contributed by atoms with Crippen molar-refractivity contribution < 1.29 is 21.9 Å². The molecular weight excluding hydrogens is 500 g/mol. The first-order valence-electron chi connectivity index (χ1n) is 10.1. The highest BCUT2D eigenvalue weighted by Crippen LogP contribution is 2.32. The van der Waals surface area contributed by atoms with Crippen molar-refractivity contribution in [2.75, 3.05) is 12.4 Å². The number of rotatable bonds is 7. The molecule has 3 heterocycles. The van der Waals surface area contributed by atoms with Gasteiger partial charge in [-0.1, -0.05) is 11.6 Å². The Morgan fingerprint density at radius 3 is 2.54 bits per heavy atom. The standard InChI is InChI=1S/C23H18ClF2N5O3S/c1-13-16(14-5-7-27-21(9-14)30-20-6-8-28-23(31-20)34-2)11-29-22(24)17(13)12-35(32,33)19-4-3-15(25)10-18(19)26/h3-11H,12H2,1-2H3,(H,27,28,30,31). The molecule has 1 aromatic carbocycles. The molecule has 0 spiro atoms. The minimum absolute atomic E-state index is 0.0298. The van der Waals surface area contributed by atoms with Gasteiger partial charge >= 0.3 is 6.01 Å². The summed E-state index contributed by atoms with van der Waals surface area (Å²) in [4.78, 5) is 15.9. The van der Waals surface area contributed by atoms with Crippen molar-refractivity contribution in [3.8, 4) is 17.1 Å². The zero-order valence-corrected chi connectivity index (χ0v) is 20.0. The van der Waals surface area contributed by atoms with Crippen molar-refractivity contribution in [1.29, 1.82) is 0 Å². The minimum atomic E-state index is -4.18. The van der Waals surface area contributed by atoms with Crippen LogP contribution < -0.4 is 10.1 Å². The van der Waals surface area contributed by atoms with Gasteiger partial charge in [0.15, 0.2) is 9.84 Å². The number of nitrogens with zero attached hydrogens (tertiary/aromatic N) is 4. The fourth-order valence-corrected chi connectivity index (χ4v) is 5.23. The number of halogens is 3. The highest BCUT2D eigenvalue weighted by molar-refractivity contribution is 7.90. The second-order valence-corrected chi connectivity index (χ2v) is 9.70. The van der Waals surface area contributed by atoms with Gasteiger partial charge in [0.05, 0.1) is 12.9 Å². The first kappa shape index (κ1) is 24.4. The van der Waals surface area contributed by atoms with E-state index < -0.39 is 32.1 Å². The normalized spacial score (nSPS) is 11.3. The van der Waals surface area contributed by atoms with Crippen molar-refractivity contribution in [1.82, 2.24) is 19.9 Å². The highest BCUT2D eigenvalue weighted by Gasteiger charge is 2.24. The van der Waals surface area contributed by atoms with E-state index in [1.807, 2.05) is 0 Å². The lowest BCUT2D eigenvalue weighted by molar-refractivity contribution is 0.380. The number of ether oxygens (including phenoxy) is 1. The molecule has 12 heteroatoms. The summed E-state index contributed by atoms with van der Waals surface area (Å²) in [6.45, 7) is 1.69. The summed E-state index contributed by atoms with van der Waals surface area (Å²) in [6.07, 6.45) is 4.61. The molecule has 35 heavy (non-hydrogen) atoms. The van der Waals surface area contributed by atoms with Gasteiger partial charge in [-0.05, 0) is 48.4 Å². The van der Waals surface area contributed by atoms with Crippen molar-refractivity contribution in [2.24, 2.45) is 0 Å². The molecule has 180 valence electrons. The van der Waals surface area contributed by atoms with Crippen LogP contribution in [-0.2, 0) is 15.6 Å². The van der Waals surface area contributed by atoms with Gasteiger partial charge in [0.25, 0.3) is 0 Å². The van der Waals surface area contributed by atoms with E-state index >= 15 is 0 Å². The molecule has 0 fully saturated rings. The SMILES string of the molecule is COc1nccc(Nc2cc(-c3cnc(Cl)c(CS(=O)(=O)c4ccc(F)cc4F)c3C)ccn2)n1. The van der Waals surface area contributed by atoms with Crippen LogP contribution >= 0.6 is 11.6 Å². The Bertz CT molecular complexity index is 1520. The minimum Gasteiger partial charge on any atom is -0.467 e. The molecule has 4 aromatic rings. The van der Waals surface area contributed by atoms with Crippen molar-refractivity contribution in [3.63, 3.8) is 0 Å². The molecule has 0 saturated heterocycles. The third-order valence-electron chi connectivity index (χ3n) is 5.12. The summed E-state index contributed by atoms with van der Waals surface area (Å²) >= 11 is 6.23. The number of aromatic nitrogens is 4. The number of hydrogen-bond acceptors (Lipinski definition) is 8. The van der Waals surface area contributed by atoms with Gasteiger partial charge in [0, 0.05) is 35.8 Å². The predicted octanol–water partition coefficient (Wildman–Crippen LogP) is 4.90. The smallest absolute Gasteiger partial charge is 0.318 e. The average Bonchev–Trinajstić information content (AvgIpc) is 2.82.